The van der Waals surface area contributed by atoms with Crippen LogP contribution >= 0.6 is 0 Å². The third-order valence-corrected chi connectivity index (χ3v) is 5.30. The van der Waals surface area contributed by atoms with E-state index in [1.54, 1.807) is 23.7 Å². The minimum atomic E-state index is -2.48. The number of anilines is 1. The van der Waals surface area contributed by atoms with E-state index in [4.69, 9.17) is 5.73 Å². The molecule has 4 heterocycles. The van der Waals surface area contributed by atoms with Crippen LogP contribution in [-0.4, -0.2) is 47.6 Å². The van der Waals surface area contributed by atoms with Crippen LogP contribution in [-0.2, 0) is 6.54 Å². The number of aryl methyl sites for hydroxylation is 1. The average molecular weight is 398 g/mol. The van der Waals surface area contributed by atoms with Crippen LogP contribution in [0, 0.1) is 6.92 Å². The van der Waals surface area contributed by atoms with E-state index < -0.39 is 13.0 Å². The van der Waals surface area contributed by atoms with Crippen LogP contribution in [0.5, 0.6) is 0 Å². The van der Waals surface area contributed by atoms with E-state index in [0.29, 0.717) is 34.7 Å². The van der Waals surface area contributed by atoms with Crippen molar-refractivity contribution in [3.63, 3.8) is 0 Å². The van der Waals surface area contributed by atoms with Gasteiger partial charge < -0.3 is 15.6 Å². The van der Waals surface area contributed by atoms with Crippen molar-refractivity contribution in [2.75, 3.05) is 5.32 Å². The molecule has 0 spiro atoms. The SMILES string of the molecule is Cc1nc2ccc(-c3ccn4nc(N[C@H]5C[C@@H](N)C5)ncc34)nc2n1CC(F)F. The predicted octanol–water partition coefficient (Wildman–Crippen LogP) is 2.62. The molecule has 0 aliphatic heterocycles. The highest BCUT2D eigenvalue weighted by atomic mass is 19.3. The van der Waals surface area contributed by atoms with E-state index in [2.05, 4.69) is 25.4 Å². The number of nitrogens with two attached hydrogens (primary N) is 1. The van der Waals surface area contributed by atoms with Gasteiger partial charge in [0, 0.05) is 23.8 Å². The van der Waals surface area contributed by atoms with Crippen LogP contribution in [0.2, 0.25) is 0 Å². The van der Waals surface area contributed by atoms with Crippen LogP contribution in [0.15, 0.2) is 30.6 Å². The highest BCUT2D eigenvalue weighted by Gasteiger charge is 2.26. The molecule has 0 unspecified atom stereocenters. The predicted molar refractivity (Wildman–Crippen MR) is 105 cm³/mol. The lowest BCUT2D eigenvalue weighted by Gasteiger charge is -2.32. The van der Waals surface area contributed by atoms with Crippen molar-refractivity contribution in [2.24, 2.45) is 5.73 Å². The summed E-state index contributed by atoms with van der Waals surface area (Å²) < 4.78 is 29.1. The number of nitrogens with one attached hydrogen (secondary N) is 1. The van der Waals surface area contributed by atoms with Gasteiger partial charge in [0.05, 0.1) is 24.0 Å². The molecule has 150 valence electrons. The van der Waals surface area contributed by atoms with Gasteiger partial charge in [0.2, 0.25) is 5.95 Å². The monoisotopic (exact) mass is 398 g/mol. The Morgan fingerprint density at radius 1 is 1.24 bits per heavy atom. The molecule has 0 bridgehead atoms. The first-order valence-corrected chi connectivity index (χ1v) is 9.47. The first-order chi connectivity index (χ1) is 14.0. The summed E-state index contributed by atoms with van der Waals surface area (Å²) in [5, 5.41) is 7.78. The van der Waals surface area contributed by atoms with E-state index in [1.165, 1.54) is 4.57 Å². The molecule has 1 saturated carbocycles. The van der Waals surface area contributed by atoms with E-state index in [-0.39, 0.29) is 6.04 Å². The number of nitrogens with zero attached hydrogens (tertiary/aromatic N) is 6. The fraction of sp³-hybridized carbons (Fsp3) is 0.368. The Bertz CT molecular complexity index is 1190. The van der Waals surface area contributed by atoms with Crippen LogP contribution in [0.3, 0.4) is 0 Å². The lowest BCUT2D eigenvalue weighted by atomic mass is 9.88. The number of pyridine rings is 1. The third-order valence-electron chi connectivity index (χ3n) is 5.30. The normalized spacial score (nSPS) is 19.2. The average Bonchev–Trinajstić information content (AvgIpc) is 3.21. The van der Waals surface area contributed by atoms with Gasteiger partial charge in [0.25, 0.3) is 6.43 Å². The molecule has 3 N–H and O–H groups in total. The topological polar surface area (TPSA) is 98.9 Å². The molecule has 1 aliphatic carbocycles. The van der Waals surface area contributed by atoms with Crippen LogP contribution in [0.25, 0.3) is 27.9 Å². The molecule has 5 rings (SSSR count). The smallest absolute Gasteiger partial charge is 0.256 e. The largest absolute Gasteiger partial charge is 0.350 e. The Morgan fingerprint density at radius 2 is 2.07 bits per heavy atom. The number of hydrogen-bond donors (Lipinski definition) is 2. The molecule has 0 amide bonds. The Hall–Kier alpha value is -3.14. The van der Waals surface area contributed by atoms with Crippen molar-refractivity contribution >= 4 is 22.6 Å². The number of halogens is 2. The van der Waals surface area contributed by atoms with Gasteiger partial charge in [0.15, 0.2) is 5.65 Å². The molecule has 4 aromatic heterocycles. The van der Waals surface area contributed by atoms with E-state index in [1.807, 2.05) is 18.3 Å². The Morgan fingerprint density at radius 3 is 2.83 bits per heavy atom. The van der Waals surface area contributed by atoms with Crippen LogP contribution < -0.4 is 11.1 Å². The summed E-state index contributed by atoms with van der Waals surface area (Å²) in [6, 6.07) is 6.07. The second-order valence-electron chi connectivity index (χ2n) is 7.41. The van der Waals surface area contributed by atoms with Crippen molar-refractivity contribution in [2.45, 2.75) is 44.8 Å². The fourth-order valence-corrected chi connectivity index (χ4v) is 3.77. The molecule has 8 nitrogen and oxygen atoms in total. The number of imidazole rings is 1. The minimum Gasteiger partial charge on any atom is -0.350 e. The summed E-state index contributed by atoms with van der Waals surface area (Å²) in [4.78, 5) is 13.3. The Labute approximate surface area is 164 Å². The first kappa shape index (κ1) is 17.9. The maximum Gasteiger partial charge on any atom is 0.256 e. The van der Waals surface area contributed by atoms with Gasteiger partial charge in [-0.15, -0.1) is 5.10 Å². The Kier molecular flexibility index (Phi) is 4.16. The second-order valence-corrected chi connectivity index (χ2v) is 7.41. The lowest BCUT2D eigenvalue weighted by Crippen LogP contribution is -2.44. The van der Waals surface area contributed by atoms with Gasteiger partial charge in [-0.1, -0.05) is 0 Å². The molecule has 0 radical (unpaired) electrons. The number of alkyl halides is 2. The number of fused-ring (bicyclic) bond motifs is 2. The van der Waals surface area contributed by atoms with Crippen molar-refractivity contribution in [3.8, 4) is 11.3 Å². The molecule has 4 aromatic rings. The number of hydrogen-bond acceptors (Lipinski definition) is 6. The molecule has 29 heavy (non-hydrogen) atoms. The molecular formula is C19H20F2N8. The zero-order valence-corrected chi connectivity index (χ0v) is 15.8. The summed E-state index contributed by atoms with van der Waals surface area (Å²) in [6.07, 6.45) is 2.91. The summed E-state index contributed by atoms with van der Waals surface area (Å²) in [5.74, 6) is 1.06. The maximum absolute atomic E-state index is 13.0. The molecule has 0 saturated heterocycles. The zero-order chi connectivity index (χ0) is 20.1. The van der Waals surface area contributed by atoms with Gasteiger partial charge in [-0.2, -0.15) is 0 Å². The lowest BCUT2D eigenvalue weighted by molar-refractivity contribution is 0.127. The Balaban J connectivity index is 1.50. The van der Waals surface area contributed by atoms with Gasteiger partial charge in [-0.05, 0) is 38.0 Å². The van der Waals surface area contributed by atoms with E-state index in [0.717, 1.165) is 23.9 Å². The zero-order valence-electron chi connectivity index (χ0n) is 15.8. The molecule has 0 aromatic carbocycles. The van der Waals surface area contributed by atoms with Crippen molar-refractivity contribution < 1.29 is 8.78 Å². The summed E-state index contributed by atoms with van der Waals surface area (Å²) in [6.45, 7) is 1.27. The summed E-state index contributed by atoms with van der Waals surface area (Å²) >= 11 is 0. The number of aromatic nitrogens is 6. The maximum atomic E-state index is 13.0. The van der Waals surface area contributed by atoms with Crippen molar-refractivity contribution in [3.05, 3.63) is 36.4 Å². The molecule has 1 fully saturated rings. The van der Waals surface area contributed by atoms with Crippen LogP contribution in [0.4, 0.5) is 14.7 Å². The van der Waals surface area contributed by atoms with Gasteiger partial charge in [-0.3, -0.25) is 0 Å². The molecule has 0 atom stereocenters. The van der Waals surface area contributed by atoms with Gasteiger partial charge >= 0.3 is 0 Å². The summed E-state index contributed by atoms with van der Waals surface area (Å²) in [7, 11) is 0. The highest BCUT2D eigenvalue weighted by Crippen LogP contribution is 2.27. The summed E-state index contributed by atoms with van der Waals surface area (Å²) in [5.41, 5.74) is 9.12. The van der Waals surface area contributed by atoms with Gasteiger partial charge in [-0.25, -0.2) is 28.2 Å². The fourth-order valence-electron chi connectivity index (χ4n) is 3.77. The molecule has 10 heteroatoms. The van der Waals surface area contributed by atoms with Crippen molar-refractivity contribution in [1.29, 1.82) is 0 Å². The number of rotatable bonds is 5. The van der Waals surface area contributed by atoms with Crippen LogP contribution in [0.1, 0.15) is 18.7 Å². The minimum absolute atomic E-state index is 0.248. The van der Waals surface area contributed by atoms with E-state index >= 15 is 0 Å². The quantitative estimate of drug-likeness (QED) is 0.536. The highest BCUT2D eigenvalue weighted by molar-refractivity contribution is 5.82. The third kappa shape index (κ3) is 3.19. The first-order valence-electron chi connectivity index (χ1n) is 9.47. The molecule has 1 aliphatic rings. The van der Waals surface area contributed by atoms with E-state index in [9.17, 15) is 8.78 Å². The van der Waals surface area contributed by atoms with Crippen molar-refractivity contribution in [1.82, 2.24) is 29.1 Å². The second kappa shape index (κ2) is 6.73. The van der Waals surface area contributed by atoms with Gasteiger partial charge in [0.1, 0.15) is 11.3 Å². The molecular weight excluding hydrogens is 378 g/mol. The standard InChI is InChI=1S/C19H20F2N8/c1-10-24-15-3-2-14(26-18(15)28(10)9-17(20)21)13-4-5-29-16(13)8-23-19(27-29)25-12-6-11(22)7-12/h2-5,8,11-12,17H,6-7,9,22H2,1H3,(H,25,27)/t11-,12+.